The summed E-state index contributed by atoms with van der Waals surface area (Å²) in [6.07, 6.45) is 5.31. The summed E-state index contributed by atoms with van der Waals surface area (Å²) in [5.74, 6) is 1.56. The van der Waals surface area contributed by atoms with Gasteiger partial charge >= 0.3 is 0 Å². The molecule has 3 aromatic rings. The Morgan fingerprint density at radius 2 is 2.10 bits per heavy atom. The highest BCUT2D eigenvalue weighted by Crippen LogP contribution is 2.39. The van der Waals surface area contributed by atoms with Crippen LogP contribution in [0.25, 0.3) is 0 Å². The number of rotatable bonds is 8. The molecule has 1 fully saturated rings. The number of ether oxygens (including phenoxy) is 2. The summed E-state index contributed by atoms with van der Waals surface area (Å²) in [5, 5.41) is 3.33. The van der Waals surface area contributed by atoms with E-state index in [1.54, 1.807) is 30.1 Å². The van der Waals surface area contributed by atoms with Crippen LogP contribution in [0.4, 0.5) is 11.5 Å². The van der Waals surface area contributed by atoms with Gasteiger partial charge in [0.1, 0.15) is 11.8 Å². The molecule has 0 unspecified atom stereocenters. The van der Waals surface area contributed by atoms with E-state index in [4.69, 9.17) is 21.1 Å². The number of aryl methyl sites for hydroxylation is 2. The summed E-state index contributed by atoms with van der Waals surface area (Å²) >= 11 is 6.29. The van der Waals surface area contributed by atoms with Crippen molar-refractivity contribution >= 4 is 23.1 Å². The Balaban J connectivity index is 1.63. The first-order chi connectivity index (χ1) is 15.0. The molecule has 3 aromatic heterocycles. The summed E-state index contributed by atoms with van der Waals surface area (Å²) in [6.45, 7) is 4.04. The lowest BCUT2D eigenvalue weighted by Crippen LogP contribution is -2.31. The van der Waals surface area contributed by atoms with Crippen LogP contribution >= 0.6 is 11.6 Å². The molecule has 0 amide bonds. The van der Waals surface area contributed by atoms with Gasteiger partial charge in [-0.25, -0.2) is 15.0 Å². The van der Waals surface area contributed by atoms with E-state index in [0.29, 0.717) is 35.7 Å². The maximum atomic E-state index is 13.3. The van der Waals surface area contributed by atoms with E-state index in [1.165, 1.54) is 0 Å². The molecule has 0 aromatic carbocycles. The van der Waals surface area contributed by atoms with Crippen LogP contribution in [0.3, 0.4) is 0 Å². The van der Waals surface area contributed by atoms with Gasteiger partial charge in [0.05, 0.1) is 24.5 Å². The number of halogens is 1. The second-order valence-corrected chi connectivity index (χ2v) is 7.97. The highest BCUT2D eigenvalue weighted by Gasteiger charge is 2.34. The molecule has 4 rings (SSSR count). The molecule has 1 aliphatic carbocycles. The maximum Gasteiger partial charge on any atom is 0.294 e. The summed E-state index contributed by atoms with van der Waals surface area (Å²) < 4.78 is 12.7. The number of pyridine rings is 2. The van der Waals surface area contributed by atoms with E-state index in [1.807, 2.05) is 32.0 Å². The van der Waals surface area contributed by atoms with Gasteiger partial charge in [0.15, 0.2) is 5.82 Å². The molecule has 3 heterocycles. The number of nitrogens with one attached hydrogen (secondary N) is 1. The number of aromatic nitrogens is 4. The summed E-state index contributed by atoms with van der Waals surface area (Å²) in [7, 11) is 1.57. The van der Waals surface area contributed by atoms with E-state index in [2.05, 4.69) is 20.3 Å². The number of anilines is 2. The minimum absolute atomic E-state index is 0.144. The van der Waals surface area contributed by atoms with Crippen molar-refractivity contribution in [3.05, 3.63) is 63.4 Å². The highest BCUT2D eigenvalue weighted by atomic mass is 35.5. The minimum Gasteiger partial charge on any atom is -0.481 e. The van der Waals surface area contributed by atoms with Gasteiger partial charge in [-0.2, -0.15) is 0 Å². The van der Waals surface area contributed by atoms with Crippen molar-refractivity contribution in [3.8, 4) is 11.8 Å². The van der Waals surface area contributed by atoms with Crippen molar-refractivity contribution in [2.45, 2.75) is 32.7 Å². The number of methoxy groups -OCH3 is 1. The third-order valence-electron chi connectivity index (χ3n) is 5.27. The molecule has 0 aliphatic heterocycles. The topological polar surface area (TPSA) is 91.2 Å². The highest BCUT2D eigenvalue weighted by molar-refractivity contribution is 6.29. The summed E-state index contributed by atoms with van der Waals surface area (Å²) in [6, 6.07) is 7.19. The zero-order chi connectivity index (χ0) is 22.0. The van der Waals surface area contributed by atoms with Crippen LogP contribution in [-0.2, 0) is 0 Å². The average Bonchev–Trinajstić information content (AvgIpc) is 3.59. The third kappa shape index (κ3) is 4.80. The van der Waals surface area contributed by atoms with Gasteiger partial charge in [-0.05, 0) is 44.7 Å². The van der Waals surface area contributed by atoms with Crippen molar-refractivity contribution < 1.29 is 9.47 Å². The molecule has 162 valence electrons. The molecular formula is C22H24ClN5O3. The smallest absolute Gasteiger partial charge is 0.294 e. The summed E-state index contributed by atoms with van der Waals surface area (Å²) in [5.41, 5.74) is 1.94. The van der Waals surface area contributed by atoms with Crippen LogP contribution in [0.5, 0.6) is 11.8 Å². The van der Waals surface area contributed by atoms with Gasteiger partial charge in [-0.1, -0.05) is 17.7 Å². The fraction of sp³-hybridized carbons (Fsp3) is 0.364. The van der Waals surface area contributed by atoms with Crippen molar-refractivity contribution in [2.24, 2.45) is 5.92 Å². The predicted octanol–water partition coefficient (Wildman–Crippen LogP) is 4.09. The number of hydrogen-bond acceptors (Lipinski definition) is 7. The molecule has 1 aliphatic rings. The van der Waals surface area contributed by atoms with Gasteiger partial charge in [-0.15, -0.1) is 0 Å². The monoisotopic (exact) mass is 441 g/mol. The predicted molar refractivity (Wildman–Crippen MR) is 119 cm³/mol. The van der Waals surface area contributed by atoms with Crippen molar-refractivity contribution in [1.82, 2.24) is 19.5 Å². The van der Waals surface area contributed by atoms with E-state index in [9.17, 15) is 4.79 Å². The Kier molecular flexibility index (Phi) is 6.08. The van der Waals surface area contributed by atoms with Crippen LogP contribution in [0, 0.1) is 19.8 Å². The molecule has 0 spiro atoms. The Morgan fingerprint density at radius 1 is 1.29 bits per heavy atom. The summed E-state index contributed by atoms with van der Waals surface area (Å²) in [4.78, 5) is 26.1. The SMILES string of the molecule is COc1nc(C)c(Nc2nc(Cl)cn([C@H](COc3ccccn3)C3CC3)c2=O)cc1C. The van der Waals surface area contributed by atoms with Crippen LogP contribution < -0.4 is 20.3 Å². The van der Waals surface area contributed by atoms with Crippen LogP contribution in [0.1, 0.15) is 30.1 Å². The van der Waals surface area contributed by atoms with E-state index in [-0.39, 0.29) is 22.6 Å². The Labute approximate surface area is 185 Å². The normalized spacial score (nSPS) is 14.2. The second kappa shape index (κ2) is 8.93. The molecule has 1 N–H and O–H groups in total. The molecule has 8 nitrogen and oxygen atoms in total. The largest absolute Gasteiger partial charge is 0.481 e. The van der Waals surface area contributed by atoms with Gasteiger partial charge < -0.3 is 19.4 Å². The Bertz CT molecular complexity index is 1130. The molecular weight excluding hydrogens is 418 g/mol. The maximum absolute atomic E-state index is 13.3. The fourth-order valence-electron chi connectivity index (χ4n) is 3.48. The zero-order valence-corrected chi connectivity index (χ0v) is 18.4. The third-order valence-corrected chi connectivity index (χ3v) is 5.45. The average molecular weight is 442 g/mol. The molecule has 1 saturated carbocycles. The van der Waals surface area contributed by atoms with E-state index in [0.717, 1.165) is 18.4 Å². The molecule has 1 atom stereocenters. The molecule has 0 radical (unpaired) electrons. The lowest BCUT2D eigenvalue weighted by molar-refractivity contribution is 0.222. The Hall–Kier alpha value is -3.13. The number of hydrogen-bond donors (Lipinski definition) is 1. The van der Waals surface area contributed by atoms with Crippen molar-refractivity contribution in [2.75, 3.05) is 19.0 Å². The first kappa shape index (κ1) is 21.1. The van der Waals surface area contributed by atoms with Gasteiger partial charge in [-0.3, -0.25) is 4.79 Å². The molecule has 31 heavy (non-hydrogen) atoms. The number of nitrogens with zero attached hydrogens (tertiary/aromatic N) is 4. The van der Waals surface area contributed by atoms with Gasteiger partial charge in [0, 0.05) is 24.0 Å². The zero-order valence-electron chi connectivity index (χ0n) is 17.6. The van der Waals surface area contributed by atoms with Crippen LogP contribution in [-0.4, -0.2) is 33.2 Å². The van der Waals surface area contributed by atoms with Crippen LogP contribution in [0.15, 0.2) is 41.5 Å². The fourth-order valence-corrected chi connectivity index (χ4v) is 3.67. The lowest BCUT2D eigenvalue weighted by atomic mass is 10.2. The molecule has 9 heteroatoms. The quantitative estimate of drug-likeness (QED) is 0.563. The lowest BCUT2D eigenvalue weighted by Gasteiger charge is -2.21. The first-order valence-electron chi connectivity index (χ1n) is 10.1. The van der Waals surface area contributed by atoms with Crippen LogP contribution in [0.2, 0.25) is 5.15 Å². The van der Waals surface area contributed by atoms with E-state index >= 15 is 0 Å². The Morgan fingerprint density at radius 3 is 2.77 bits per heavy atom. The minimum atomic E-state index is -0.265. The van der Waals surface area contributed by atoms with Crippen molar-refractivity contribution in [1.29, 1.82) is 0 Å². The van der Waals surface area contributed by atoms with Gasteiger partial charge in [0.25, 0.3) is 5.56 Å². The molecule has 0 bridgehead atoms. The molecule has 0 saturated heterocycles. The first-order valence-corrected chi connectivity index (χ1v) is 10.5. The standard InChI is InChI=1S/C22H24ClN5O3/c1-13-10-16(14(2)25-21(13)30-3)26-20-22(29)28(11-18(23)27-20)17(15-7-8-15)12-31-19-6-4-5-9-24-19/h4-6,9-11,15,17H,7-8,12H2,1-3H3,(H,26,27)/t17-/m1/s1. The van der Waals surface area contributed by atoms with Crippen molar-refractivity contribution in [3.63, 3.8) is 0 Å². The second-order valence-electron chi connectivity index (χ2n) is 7.58. The van der Waals surface area contributed by atoms with Gasteiger partial charge in [0.2, 0.25) is 11.8 Å². The van der Waals surface area contributed by atoms with E-state index < -0.39 is 0 Å².